The third-order valence-electron chi connectivity index (χ3n) is 4.04. The number of aryl methyl sites for hydroxylation is 1. The predicted octanol–water partition coefficient (Wildman–Crippen LogP) is 3.06. The molecule has 1 N–H and O–H groups in total. The van der Waals surface area contributed by atoms with Crippen LogP contribution in [-0.2, 0) is 10.0 Å². The monoisotopic (exact) mass is 383 g/mol. The minimum absolute atomic E-state index is 0.125. The van der Waals surface area contributed by atoms with Crippen molar-refractivity contribution in [2.45, 2.75) is 12.2 Å². The van der Waals surface area contributed by atoms with E-state index in [9.17, 15) is 18.3 Å². The Labute approximate surface area is 156 Å². The number of hydrogen-bond acceptors (Lipinski definition) is 5. The van der Waals surface area contributed by atoms with Gasteiger partial charge in [-0.25, -0.2) is 27.2 Å². The topological polar surface area (TPSA) is 102 Å². The van der Waals surface area contributed by atoms with Crippen LogP contribution >= 0.6 is 0 Å². The van der Waals surface area contributed by atoms with Crippen LogP contribution in [0.5, 0.6) is 0 Å². The lowest BCUT2D eigenvalue weighted by molar-refractivity contribution is 0.0697. The molecular weight excluding hydrogens is 366 g/mol. The highest BCUT2D eigenvalue weighted by atomic mass is 32.2. The highest BCUT2D eigenvalue weighted by molar-refractivity contribution is 7.90. The predicted molar refractivity (Wildman–Crippen MR) is 101 cm³/mol. The Balaban J connectivity index is 2.19. The molecule has 0 saturated carbocycles. The Morgan fingerprint density at radius 2 is 1.85 bits per heavy atom. The molecule has 1 atom stereocenters. The molecule has 0 amide bonds. The number of carboxylic acid groups (broad SMARTS) is 1. The van der Waals surface area contributed by atoms with Crippen molar-refractivity contribution in [3.05, 3.63) is 84.6 Å². The van der Waals surface area contributed by atoms with E-state index in [0.717, 1.165) is 10.2 Å². The molecule has 0 bridgehead atoms. The maximum Gasteiger partial charge on any atom is 0.337 e. The van der Waals surface area contributed by atoms with E-state index in [0.29, 0.717) is 17.0 Å². The van der Waals surface area contributed by atoms with Gasteiger partial charge in [0.15, 0.2) is 0 Å². The summed E-state index contributed by atoms with van der Waals surface area (Å²) < 4.78 is 27.6. The van der Waals surface area contributed by atoms with Gasteiger partial charge >= 0.3 is 5.97 Å². The van der Waals surface area contributed by atoms with Crippen LogP contribution in [0.2, 0.25) is 0 Å². The summed E-state index contributed by atoms with van der Waals surface area (Å²) in [5.41, 5.74) is 1.06. The van der Waals surface area contributed by atoms with Gasteiger partial charge in [-0.15, -0.1) is 6.58 Å². The number of rotatable bonds is 6. The van der Waals surface area contributed by atoms with Crippen molar-refractivity contribution < 1.29 is 18.3 Å². The molecule has 0 saturated heterocycles. The van der Waals surface area contributed by atoms with Crippen molar-refractivity contribution >= 4 is 16.0 Å². The van der Waals surface area contributed by atoms with Gasteiger partial charge in [-0.1, -0.05) is 36.4 Å². The number of carbonyl (C=O) groups is 1. The van der Waals surface area contributed by atoms with E-state index in [1.54, 1.807) is 37.3 Å². The van der Waals surface area contributed by atoms with Crippen molar-refractivity contribution in [1.82, 2.24) is 13.9 Å². The van der Waals surface area contributed by atoms with Gasteiger partial charge in [-0.05, 0) is 18.6 Å². The van der Waals surface area contributed by atoms with E-state index < -0.39 is 21.2 Å². The van der Waals surface area contributed by atoms with Crippen LogP contribution in [-0.4, -0.2) is 33.4 Å². The summed E-state index contributed by atoms with van der Waals surface area (Å²) in [7, 11) is -4.05. The molecule has 2 heterocycles. The first kappa shape index (κ1) is 18.5. The fourth-order valence-electron chi connectivity index (χ4n) is 2.69. The standard InChI is InChI=1S/C19H17N3O4S/c1-3-18(16-10-20-13(2)21-11-16)27(25,26)22-12-15(19(23)24)9-17(22)14-7-5-4-6-8-14/h3-12,18H,1H2,2H3,(H,23,24). The second-order valence-electron chi connectivity index (χ2n) is 5.85. The van der Waals surface area contributed by atoms with E-state index in [4.69, 9.17) is 0 Å². The third kappa shape index (κ3) is 3.52. The molecule has 0 aliphatic rings. The molecule has 8 heteroatoms. The van der Waals surface area contributed by atoms with Gasteiger partial charge in [0, 0.05) is 24.2 Å². The first-order chi connectivity index (χ1) is 12.8. The smallest absolute Gasteiger partial charge is 0.337 e. The van der Waals surface area contributed by atoms with E-state index in [-0.39, 0.29) is 11.3 Å². The summed E-state index contributed by atoms with van der Waals surface area (Å²) in [6.07, 6.45) is 5.23. The molecule has 0 spiro atoms. The Morgan fingerprint density at radius 1 is 1.22 bits per heavy atom. The Bertz CT molecular complexity index is 1090. The van der Waals surface area contributed by atoms with Crippen molar-refractivity contribution in [1.29, 1.82) is 0 Å². The Kier molecular flexibility index (Phi) is 4.91. The lowest BCUT2D eigenvalue weighted by atomic mass is 10.1. The molecule has 0 aliphatic carbocycles. The fourth-order valence-corrected chi connectivity index (χ4v) is 4.34. The zero-order valence-electron chi connectivity index (χ0n) is 14.5. The summed E-state index contributed by atoms with van der Waals surface area (Å²) in [4.78, 5) is 19.5. The van der Waals surface area contributed by atoms with Gasteiger partial charge in [0.05, 0.1) is 11.3 Å². The summed E-state index contributed by atoms with van der Waals surface area (Å²) in [6, 6.07) is 10.0. The van der Waals surface area contributed by atoms with E-state index in [1.165, 1.54) is 24.5 Å². The largest absolute Gasteiger partial charge is 0.478 e. The third-order valence-corrected chi connectivity index (χ3v) is 6.00. The minimum atomic E-state index is -4.05. The maximum atomic E-state index is 13.3. The minimum Gasteiger partial charge on any atom is -0.478 e. The van der Waals surface area contributed by atoms with Crippen molar-refractivity contribution in [3.8, 4) is 11.3 Å². The summed E-state index contributed by atoms with van der Waals surface area (Å²) in [5, 5.41) is 8.20. The molecule has 0 aliphatic heterocycles. The van der Waals surface area contributed by atoms with Crippen molar-refractivity contribution in [3.63, 3.8) is 0 Å². The van der Waals surface area contributed by atoms with Crippen LogP contribution in [0.15, 0.2) is 67.6 Å². The molecule has 1 aromatic carbocycles. The van der Waals surface area contributed by atoms with Crippen molar-refractivity contribution in [2.75, 3.05) is 0 Å². The van der Waals surface area contributed by atoms with Gasteiger partial charge in [0.2, 0.25) is 10.0 Å². The number of carboxylic acids is 1. The highest BCUT2D eigenvalue weighted by Gasteiger charge is 2.30. The first-order valence-corrected chi connectivity index (χ1v) is 9.51. The Morgan fingerprint density at radius 3 is 2.41 bits per heavy atom. The second-order valence-corrected chi connectivity index (χ2v) is 7.78. The van der Waals surface area contributed by atoms with E-state index in [2.05, 4.69) is 16.5 Å². The van der Waals surface area contributed by atoms with Gasteiger partial charge in [-0.2, -0.15) is 0 Å². The molecular formula is C19H17N3O4S. The van der Waals surface area contributed by atoms with Crippen LogP contribution in [0, 0.1) is 6.92 Å². The molecule has 2 aromatic heterocycles. The molecule has 0 radical (unpaired) electrons. The maximum absolute atomic E-state index is 13.3. The molecule has 7 nitrogen and oxygen atoms in total. The average Bonchev–Trinajstić information content (AvgIpc) is 3.11. The zero-order chi connectivity index (χ0) is 19.6. The molecule has 1 unspecified atom stereocenters. The van der Waals surface area contributed by atoms with E-state index in [1.807, 2.05) is 0 Å². The molecule has 3 rings (SSSR count). The van der Waals surface area contributed by atoms with Gasteiger partial charge < -0.3 is 5.11 Å². The zero-order valence-corrected chi connectivity index (χ0v) is 15.3. The molecule has 138 valence electrons. The van der Waals surface area contributed by atoms with Crippen molar-refractivity contribution in [2.24, 2.45) is 0 Å². The number of aromatic nitrogens is 3. The Hall–Kier alpha value is -3.26. The fraction of sp³-hybridized carbons (Fsp3) is 0.105. The summed E-state index contributed by atoms with van der Waals surface area (Å²) in [5.74, 6) is -0.701. The van der Waals surface area contributed by atoms with Gasteiger partial charge in [0.1, 0.15) is 11.1 Å². The molecule has 27 heavy (non-hydrogen) atoms. The number of nitrogens with zero attached hydrogens (tertiary/aromatic N) is 3. The lowest BCUT2D eigenvalue weighted by Crippen LogP contribution is -2.20. The van der Waals surface area contributed by atoms with Crippen LogP contribution < -0.4 is 0 Å². The van der Waals surface area contributed by atoms with E-state index >= 15 is 0 Å². The lowest BCUT2D eigenvalue weighted by Gasteiger charge is -2.17. The average molecular weight is 383 g/mol. The van der Waals surface area contributed by atoms with Gasteiger partial charge in [-0.3, -0.25) is 0 Å². The van der Waals surface area contributed by atoms with Crippen LogP contribution in [0.25, 0.3) is 11.3 Å². The highest BCUT2D eigenvalue weighted by Crippen LogP contribution is 2.31. The number of hydrogen-bond donors (Lipinski definition) is 1. The molecule has 3 aromatic rings. The number of benzene rings is 1. The SMILES string of the molecule is C=CC(c1cnc(C)nc1)S(=O)(=O)n1cc(C(=O)O)cc1-c1ccccc1. The van der Waals surface area contributed by atoms with Crippen LogP contribution in [0.3, 0.4) is 0 Å². The summed E-state index contributed by atoms with van der Waals surface area (Å²) >= 11 is 0. The van der Waals surface area contributed by atoms with Crippen LogP contribution in [0.1, 0.15) is 27.0 Å². The van der Waals surface area contributed by atoms with Crippen LogP contribution in [0.4, 0.5) is 0 Å². The number of aromatic carboxylic acids is 1. The molecule has 0 fully saturated rings. The normalized spacial score (nSPS) is 12.5. The quantitative estimate of drug-likeness (QED) is 0.656. The first-order valence-electron chi connectivity index (χ1n) is 8.01. The second kappa shape index (κ2) is 7.16. The van der Waals surface area contributed by atoms with Gasteiger partial charge in [0.25, 0.3) is 0 Å². The summed E-state index contributed by atoms with van der Waals surface area (Å²) in [6.45, 7) is 5.33.